The van der Waals surface area contributed by atoms with E-state index in [2.05, 4.69) is 6.92 Å². The van der Waals surface area contributed by atoms with Gasteiger partial charge in [0, 0.05) is 6.42 Å². The van der Waals surface area contributed by atoms with E-state index in [0.29, 0.717) is 12.3 Å². The van der Waals surface area contributed by atoms with Gasteiger partial charge in [-0.1, -0.05) is 71.1 Å². The Morgan fingerprint density at radius 2 is 1.32 bits per heavy atom. The summed E-state index contributed by atoms with van der Waals surface area (Å²) in [6.45, 7) is 2.27. The Hall–Kier alpha value is -1.52. The van der Waals surface area contributed by atoms with Gasteiger partial charge in [0.15, 0.2) is 0 Å². The van der Waals surface area contributed by atoms with Crippen molar-refractivity contribution in [1.82, 2.24) is 0 Å². The minimum atomic E-state index is -4.38. The fourth-order valence-electron chi connectivity index (χ4n) is 6.15. The molecule has 0 heterocycles. The molecule has 1 aromatic carbocycles. The summed E-state index contributed by atoms with van der Waals surface area (Å²) in [7, 11) is 0. The highest BCUT2D eigenvalue weighted by Gasteiger charge is 2.31. The van der Waals surface area contributed by atoms with E-state index in [4.69, 9.17) is 4.74 Å². The second-order valence-electron chi connectivity index (χ2n) is 10.8. The first kappa shape index (κ1) is 27.1. The van der Waals surface area contributed by atoms with E-state index < -0.39 is 11.7 Å². The summed E-state index contributed by atoms with van der Waals surface area (Å²) in [6.07, 6.45) is 15.8. The zero-order valence-electron chi connectivity index (χ0n) is 20.9. The molecule has 2 aliphatic rings. The topological polar surface area (TPSA) is 26.3 Å². The van der Waals surface area contributed by atoms with Crippen LogP contribution in [-0.2, 0) is 11.0 Å². The average molecular weight is 481 g/mol. The molecule has 3 rings (SSSR count). The maximum Gasteiger partial charge on any atom is 0.416 e. The van der Waals surface area contributed by atoms with Crippen LogP contribution in [0.3, 0.4) is 0 Å². The molecule has 0 bridgehead atoms. The molecule has 2 saturated carbocycles. The average Bonchev–Trinajstić information content (AvgIpc) is 2.83. The molecule has 5 heteroatoms. The predicted octanol–water partition coefficient (Wildman–Crippen LogP) is 9.36. The Morgan fingerprint density at radius 1 is 0.794 bits per heavy atom. The Balaban J connectivity index is 1.28. The summed E-state index contributed by atoms with van der Waals surface area (Å²) >= 11 is 0. The van der Waals surface area contributed by atoms with Gasteiger partial charge < -0.3 is 4.74 Å². The van der Waals surface area contributed by atoms with Crippen LogP contribution in [0.2, 0.25) is 0 Å². The van der Waals surface area contributed by atoms with Crippen LogP contribution in [0.25, 0.3) is 0 Å². The van der Waals surface area contributed by atoms with E-state index >= 15 is 0 Å². The molecule has 2 fully saturated rings. The van der Waals surface area contributed by atoms with E-state index in [1.165, 1.54) is 102 Å². The van der Waals surface area contributed by atoms with Crippen LogP contribution in [0.4, 0.5) is 13.2 Å². The number of carbonyl (C=O) groups excluding carboxylic acids is 1. The molecule has 2 aliphatic carbocycles. The van der Waals surface area contributed by atoms with Gasteiger partial charge in [0.05, 0.1) is 5.56 Å². The number of esters is 1. The number of hydrogen-bond acceptors (Lipinski definition) is 2. The van der Waals surface area contributed by atoms with Crippen LogP contribution in [0.1, 0.15) is 115 Å². The molecule has 0 N–H and O–H groups in total. The number of rotatable bonds is 11. The third-order valence-electron chi connectivity index (χ3n) is 8.34. The molecule has 0 amide bonds. The lowest BCUT2D eigenvalue weighted by molar-refractivity contribution is -0.137. The standard InChI is InChI=1S/C29H43F3O2/c1-2-3-4-5-6-7-22-8-13-24(14-9-22)25-15-10-23(11-16-25)12-21-28(33)34-27-19-17-26(18-20-27)29(30,31)32/h17-20,22-25H,2-16,21H2,1H3. The Bertz CT molecular complexity index is 712. The lowest BCUT2D eigenvalue weighted by Gasteiger charge is -2.38. The van der Waals surface area contributed by atoms with Crippen molar-refractivity contribution in [2.75, 3.05) is 0 Å². The molecule has 0 spiro atoms. The van der Waals surface area contributed by atoms with Gasteiger partial charge >= 0.3 is 12.1 Å². The number of alkyl halides is 3. The number of hydrogen-bond donors (Lipinski definition) is 0. The number of carbonyl (C=O) groups is 1. The Kier molecular flexibility index (Phi) is 10.8. The first-order chi connectivity index (χ1) is 16.3. The normalized spacial score (nSPS) is 25.8. The van der Waals surface area contributed by atoms with Crippen molar-refractivity contribution in [3.8, 4) is 5.75 Å². The second kappa shape index (κ2) is 13.5. The monoisotopic (exact) mass is 480 g/mol. The van der Waals surface area contributed by atoms with Gasteiger partial charge in [0.25, 0.3) is 0 Å². The first-order valence-corrected chi connectivity index (χ1v) is 13.7. The third-order valence-corrected chi connectivity index (χ3v) is 8.34. The molecule has 0 aliphatic heterocycles. The first-order valence-electron chi connectivity index (χ1n) is 13.7. The van der Waals surface area contributed by atoms with Gasteiger partial charge in [0.1, 0.15) is 5.75 Å². The molecule has 0 unspecified atom stereocenters. The SMILES string of the molecule is CCCCCCCC1CCC(C2CCC(CCC(=O)Oc3ccc(C(F)(F)F)cc3)CC2)CC1. The predicted molar refractivity (Wildman–Crippen MR) is 131 cm³/mol. The Labute approximate surface area is 204 Å². The molecule has 1 aromatic rings. The number of ether oxygens (including phenoxy) is 1. The van der Waals surface area contributed by atoms with E-state index in [9.17, 15) is 18.0 Å². The van der Waals surface area contributed by atoms with Crippen LogP contribution in [0.5, 0.6) is 5.75 Å². The summed E-state index contributed by atoms with van der Waals surface area (Å²) in [6, 6.07) is 4.33. The van der Waals surface area contributed by atoms with E-state index in [0.717, 1.165) is 36.3 Å². The van der Waals surface area contributed by atoms with Crippen LogP contribution < -0.4 is 4.74 Å². The molecule has 0 atom stereocenters. The fourth-order valence-corrected chi connectivity index (χ4v) is 6.15. The minimum absolute atomic E-state index is 0.179. The van der Waals surface area contributed by atoms with Gasteiger partial charge in [-0.25, -0.2) is 0 Å². The minimum Gasteiger partial charge on any atom is -0.427 e. The van der Waals surface area contributed by atoms with Crippen molar-refractivity contribution in [3.05, 3.63) is 29.8 Å². The lowest BCUT2D eigenvalue weighted by atomic mass is 9.68. The summed E-state index contributed by atoms with van der Waals surface area (Å²) < 4.78 is 43.2. The molecular formula is C29H43F3O2. The summed E-state index contributed by atoms with van der Waals surface area (Å²) in [5.74, 6) is 3.12. The van der Waals surface area contributed by atoms with Crippen LogP contribution in [0.15, 0.2) is 24.3 Å². The molecule has 192 valence electrons. The molecule has 0 radical (unpaired) electrons. The lowest BCUT2D eigenvalue weighted by Crippen LogP contribution is -2.26. The smallest absolute Gasteiger partial charge is 0.416 e. The van der Waals surface area contributed by atoms with Crippen molar-refractivity contribution in [1.29, 1.82) is 0 Å². The van der Waals surface area contributed by atoms with Gasteiger partial charge in [-0.3, -0.25) is 4.79 Å². The maximum atomic E-state index is 12.6. The summed E-state index contributed by atoms with van der Waals surface area (Å²) in [5, 5.41) is 0. The molecule has 34 heavy (non-hydrogen) atoms. The number of unbranched alkanes of at least 4 members (excludes halogenated alkanes) is 4. The zero-order chi connectivity index (χ0) is 24.4. The van der Waals surface area contributed by atoms with E-state index in [1.54, 1.807) is 0 Å². The maximum absolute atomic E-state index is 12.6. The highest BCUT2D eigenvalue weighted by atomic mass is 19.4. The van der Waals surface area contributed by atoms with Crippen LogP contribution >= 0.6 is 0 Å². The van der Waals surface area contributed by atoms with Crippen molar-refractivity contribution in [3.63, 3.8) is 0 Å². The number of benzene rings is 1. The van der Waals surface area contributed by atoms with Crippen LogP contribution in [-0.4, -0.2) is 5.97 Å². The molecule has 0 saturated heterocycles. The van der Waals surface area contributed by atoms with Crippen molar-refractivity contribution in [2.24, 2.45) is 23.7 Å². The third kappa shape index (κ3) is 8.92. The number of halogens is 3. The highest BCUT2D eigenvalue weighted by molar-refractivity contribution is 5.72. The van der Waals surface area contributed by atoms with Gasteiger partial charge in [-0.15, -0.1) is 0 Å². The van der Waals surface area contributed by atoms with Gasteiger partial charge in [-0.2, -0.15) is 13.2 Å². The van der Waals surface area contributed by atoms with Crippen molar-refractivity contribution < 1.29 is 22.7 Å². The quantitative estimate of drug-likeness (QED) is 0.179. The zero-order valence-corrected chi connectivity index (χ0v) is 20.9. The van der Waals surface area contributed by atoms with Crippen molar-refractivity contribution in [2.45, 2.75) is 116 Å². The molecule has 2 nitrogen and oxygen atoms in total. The summed E-state index contributed by atoms with van der Waals surface area (Å²) in [4.78, 5) is 12.2. The Morgan fingerprint density at radius 3 is 1.85 bits per heavy atom. The van der Waals surface area contributed by atoms with Gasteiger partial charge in [0.2, 0.25) is 0 Å². The molecule has 0 aromatic heterocycles. The van der Waals surface area contributed by atoms with Crippen molar-refractivity contribution >= 4 is 5.97 Å². The molecular weight excluding hydrogens is 437 g/mol. The van der Waals surface area contributed by atoms with Gasteiger partial charge in [-0.05, 0) is 80.0 Å². The highest BCUT2D eigenvalue weighted by Crippen LogP contribution is 2.43. The van der Waals surface area contributed by atoms with Crippen LogP contribution in [0, 0.1) is 23.7 Å². The largest absolute Gasteiger partial charge is 0.427 e. The second-order valence-corrected chi connectivity index (χ2v) is 10.8. The summed E-state index contributed by atoms with van der Waals surface area (Å²) in [5.41, 5.74) is -0.736. The van der Waals surface area contributed by atoms with E-state index in [-0.39, 0.29) is 11.7 Å². The van der Waals surface area contributed by atoms with E-state index in [1.807, 2.05) is 0 Å². The fraction of sp³-hybridized carbons (Fsp3) is 0.759.